The van der Waals surface area contributed by atoms with Crippen molar-refractivity contribution in [1.29, 1.82) is 0 Å². The molecule has 2 N–H and O–H groups in total. The fourth-order valence-corrected chi connectivity index (χ4v) is 7.11. The van der Waals surface area contributed by atoms with Gasteiger partial charge in [-0.1, -0.05) is 23.2 Å². The Kier molecular flexibility index (Phi) is 5.31. The molecule has 3 heterocycles. The number of nitrogens with two attached hydrogens (primary N) is 1. The largest absolute Gasteiger partial charge is 0.369 e. The highest BCUT2D eigenvalue weighted by Gasteiger charge is 2.44. The number of hydrogen-bond donors (Lipinski definition) is 1. The first-order chi connectivity index (χ1) is 12.0. The summed E-state index contributed by atoms with van der Waals surface area (Å²) in [7, 11) is -2.17. The van der Waals surface area contributed by atoms with E-state index >= 15 is 0 Å². The first-order valence-electron chi connectivity index (χ1n) is 8.11. The van der Waals surface area contributed by atoms with Gasteiger partial charge in [-0.25, -0.2) is 13.4 Å². The maximum atomic E-state index is 13.0. The van der Waals surface area contributed by atoms with Crippen molar-refractivity contribution in [2.45, 2.75) is 36.6 Å². The highest BCUT2D eigenvalue weighted by Crippen LogP contribution is 2.40. The van der Waals surface area contributed by atoms with Crippen LogP contribution in [0.4, 0.5) is 0 Å². The van der Waals surface area contributed by atoms with E-state index in [0.717, 1.165) is 17.8 Å². The zero-order valence-corrected chi connectivity index (χ0v) is 17.6. The van der Waals surface area contributed by atoms with Crippen molar-refractivity contribution in [1.82, 2.24) is 9.21 Å². The highest BCUT2D eigenvalue weighted by molar-refractivity contribution is 7.89. The molecule has 7 nitrogen and oxygen atoms in total. The average Bonchev–Trinajstić information content (AvgIpc) is 2.92. The third-order valence-corrected chi connectivity index (χ3v) is 8.72. The number of aliphatic imine (C=N–C) groups is 1. The van der Waals surface area contributed by atoms with Crippen molar-refractivity contribution in [2.75, 3.05) is 20.1 Å². The van der Waals surface area contributed by atoms with Gasteiger partial charge in [-0.15, -0.1) is 11.3 Å². The number of carbonyl (C=O) groups excluding carboxylic acids is 1. The second-order valence-electron chi connectivity index (χ2n) is 6.85. The minimum absolute atomic E-state index is 0.0300. The minimum Gasteiger partial charge on any atom is -0.369 e. The van der Waals surface area contributed by atoms with Crippen LogP contribution in [0, 0.1) is 5.92 Å². The van der Waals surface area contributed by atoms with Gasteiger partial charge in [0.2, 0.25) is 15.9 Å². The lowest BCUT2D eigenvalue weighted by atomic mass is 9.78. The zero-order valence-electron chi connectivity index (χ0n) is 14.4. The van der Waals surface area contributed by atoms with E-state index in [2.05, 4.69) is 4.99 Å². The average molecular weight is 439 g/mol. The molecule has 1 fully saturated rings. The molecule has 0 radical (unpaired) electrons. The monoisotopic (exact) mass is 438 g/mol. The fourth-order valence-electron chi connectivity index (χ4n) is 3.47. The van der Waals surface area contributed by atoms with Gasteiger partial charge < -0.3 is 5.73 Å². The van der Waals surface area contributed by atoms with Crippen LogP contribution in [0.3, 0.4) is 0 Å². The molecule has 1 aromatic rings. The van der Waals surface area contributed by atoms with Crippen LogP contribution < -0.4 is 5.73 Å². The van der Waals surface area contributed by atoms with Crippen molar-refractivity contribution >= 4 is 56.4 Å². The summed E-state index contributed by atoms with van der Waals surface area (Å²) in [5.74, 6) is -0.0702. The molecular formula is C15H20Cl2N4O3S2. The van der Waals surface area contributed by atoms with Gasteiger partial charge in [0.15, 0.2) is 5.96 Å². The van der Waals surface area contributed by atoms with Crippen LogP contribution in [0.5, 0.6) is 0 Å². The zero-order chi connectivity index (χ0) is 19.3. The van der Waals surface area contributed by atoms with E-state index in [9.17, 15) is 13.2 Å². The number of guanidine groups is 1. The van der Waals surface area contributed by atoms with Crippen LogP contribution in [0.15, 0.2) is 16.0 Å². The van der Waals surface area contributed by atoms with E-state index in [1.54, 1.807) is 7.05 Å². The van der Waals surface area contributed by atoms with Crippen molar-refractivity contribution in [3.05, 3.63) is 14.7 Å². The van der Waals surface area contributed by atoms with Gasteiger partial charge >= 0.3 is 0 Å². The Hall–Kier alpha value is -0.870. The molecule has 26 heavy (non-hydrogen) atoms. The second kappa shape index (κ2) is 6.94. The Morgan fingerprint density at radius 2 is 2.12 bits per heavy atom. The van der Waals surface area contributed by atoms with Crippen molar-refractivity contribution in [3.8, 4) is 0 Å². The first-order valence-corrected chi connectivity index (χ1v) is 11.1. The number of sulfonamides is 1. The summed E-state index contributed by atoms with van der Waals surface area (Å²) in [5.41, 5.74) is 5.15. The molecule has 2 aliphatic heterocycles. The SMILES string of the molecule is CN1C(=O)C[C@@](C)(C2CCCN(S(=O)(=O)c3cc(Cl)sc3Cl)C2)N=C1N. The van der Waals surface area contributed by atoms with Gasteiger partial charge in [-0.05, 0) is 31.7 Å². The van der Waals surface area contributed by atoms with E-state index in [1.807, 2.05) is 6.92 Å². The van der Waals surface area contributed by atoms with Gasteiger partial charge in [-0.3, -0.25) is 9.69 Å². The summed E-state index contributed by atoms with van der Waals surface area (Å²) in [6, 6.07) is 1.38. The normalized spacial score (nSPS) is 28.3. The van der Waals surface area contributed by atoms with Crippen molar-refractivity contribution in [2.24, 2.45) is 16.6 Å². The number of amides is 1. The summed E-state index contributed by atoms with van der Waals surface area (Å²) in [6.45, 7) is 2.52. The Balaban J connectivity index is 1.88. The molecule has 3 rings (SSSR count). The number of nitrogens with zero attached hydrogens (tertiary/aromatic N) is 3. The van der Waals surface area contributed by atoms with Crippen LogP contribution in [0.25, 0.3) is 0 Å². The smallest absolute Gasteiger partial charge is 0.245 e. The number of hydrogen-bond acceptors (Lipinski definition) is 6. The molecule has 1 saturated heterocycles. The lowest BCUT2D eigenvalue weighted by molar-refractivity contribution is -0.129. The number of piperidine rings is 1. The van der Waals surface area contributed by atoms with Gasteiger partial charge in [0.1, 0.15) is 9.23 Å². The van der Waals surface area contributed by atoms with E-state index in [4.69, 9.17) is 28.9 Å². The highest BCUT2D eigenvalue weighted by atomic mass is 35.5. The second-order valence-corrected chi connectivity index (χ2v) is 11.0. The van der Waals surface area contributed by atoms with E-state index < -0.39 is 15.6 Å². The van der Waals surface area contributed by atoms with Gasteiger partial charge in [0, 0.05) is 20.1 Å². The molecular weight excluding hydrogens is 419 g/mol. The molecule has 1 aromatic heterocycles. The summed E-state index contributed by atoms with van der Waals surface area (Å²) < 4.78 is 27.9. The van der Waals surface area contributed by atoms with E-state index in [1.165, 1.54) is 15.3 Å². The summed E-state index contributed by atoms with van der Waals surface area (Å²) in [4.78, 5) is 18.1. The quantitative estimate of drug-likeness (QED) is 0.782. The topological polar surface area (TPSA) is 96.1 Å². The predicted molar refractivity (Wildman–Crippen MR) is 103 cm³/mol. The summed E-state index contributed by atoms with van der Waals surface area (Å²) >= 11 is 13.0. The van der Waals surface area contributed by atoms with Crippen LogP contribution >= 0.6 is 34.5 Å². The van der Waals surface area contributed by atoms with Crippen molar-refractivity contribution < 1.29 is 13.2 Å². The third kappa shape index (κ3) is 3.47. The lowest BCUT2D eigenvalue weighted by Crippen LogP contribution is -2.54. The van der Waals surface area contributed by atoms with Gasteiger partial charge in [0.25, 0.3) is 0 Å². The molecule has 0 saturated carbocycles. The van der Waals surface area contributed by atoms with Crippen LogP contribution in [-0.2, 0) is 14.8 Å². The Labute approximate surface area is 166 Å². The van der Waals surface area contributed by atoms with Crippen LogP contribution in [0.1, 0.15) is 26.2 Å². The standard InChI is InChI=1S/C15H20Cl2N4O3S2/c1-15(7-12(22)20(2)14(18)19-15)9-4-3-5-21(8-9)26(23,24)10-6-11(16)25-13(10)17/h6,9H,3-5,7-8H2,1-2H3,(H2,18,19)/t9?,15-/m0/s1. The molecule has 144 valence electrons. The van der Waals surface area contributed by atoms with Gasteiger partial charge in [0.05, 0.1) is 16.3 Å². The molecule has 0 bridgehead atoms. The number of rotatable bonds is 3. The molecule has 0 aromatic carbocycles. The fraction of sp³-hybridized carbons (Fsp3) is 0.600. The molecule has 2 aliphatic rings. The summed E-state index contributed by atoms with van der Waals surface area (Å²) in [6.07, 6.45) is 1.65. The van der Waals surface area contributed by atoms with E-state index in [0.29, 0.717) is 17.3 Å². The van der Waals surface area contributed by atoms with Crippen molar-refractivity contribution in [3.63, 3.8) is 0 Å². The molecule has 2 atom stereocenters. The minimum atomic E-state index is -3.76. The maximum Gasteiger partial charge on any atom is 0.245 e. The van der Waals surface area contributed by atoms with Gasteiger partial charge in [-0.2, -0.15) is 4.31 Å². The molecule has 0 spiro atoms. The number of carbonyl (C=O) groups is 1. The predicted octanol–water partition coefficient (Wildman–Crippen LogP) is 2.39. The third-order valence-electron chi connectivity index (χ3n) is 5.10. The molecule has 0 aliphatic carbocycles. The molecule has 11 heteroatoms. The van der Waals surface area contributed by atoms with Crippen LogP contribution in [-0.4, -0.2) is 55.2 Å². The Morgan fingerprint density at radius 1 is 1.42 bits per heavy atom. The maximum absolute atomic E-state index is 13.0. The van der Waals surface area contributed by atoms with Crippen LogP contribution in [0.2, 0.25) is 8.67 Å². The molecule has 1 unspecified atom stereocenters. The molecule has 1 amide bonds. The summed E-state index contributed by atoms with van der Waals surface area (Å²) in [5, 5.41) is 0. The lowest BCUT2D eigenvalue weighted by Gasteiger charge is -2.43. The van der Waals surface area contributed by atoms with E-state index in [-0.39, 0.29) is 40.0 Å². The Morgan fingerprint density at radius 3 is 2.69 bits per heavy atom. The number of halogens is 2. The number of thiophene rings is 1. The first kappa shape index (κ1) is 19.9. The Bertz CT molecular complexity index is 870.